The van der Waals surface area contributed by atoms with Gasteiger partial charge in [-0.15, -0.1) is 24.0 Å². The van der Waals surface area contributed by atoms with Gasteiger partial charge in [-0.25, -0.2) is 13.4 Å². The molecule has 2 aliphatic rings. The molecule has 28 heavy (non-hydrogen) atoms. The fourth-order valence-electron chi connectivity index (χ4n) is 3.74. The van der Waals surface area contributed by atoms with Crippen molar-refractivity contribution < 1.29 is 8.42 Å². The second kappa shape index (κ2) is 11.3. The van der Waals surface area contributed by atoms with E-state index >= 15 is 0 Å². The van der Waals surface area contributed by atoms with Gasteiger partial charge in [-0.2, -0.15) is 0 Å². The lowest BCUT2D eigenvalue weighted by molar-refractivity contribution is 0.331. The molecular weight excluding hydrogens is 487 g/mol. The van der Waals surface area contributed by atoms with Crippen LogP contribution in [0.3, 0.4) is 0 Å². The number of sulfone groups is 1. The summed E-state index contributed by atoms with van der Waals surface area (Å²) in [6.45, 7) is 7.55. The first kappa shape index (κ1) is 23.4. The standard InChI is InChI=1S/C20H32N4O2S.HI/c1-2-21-20(23-14-19-9-12-27(25,26)16-19)22-13-17-5-7-18(8-6-17)15-24-10-3-4-11-24;/h5-8,19H,2-4,9-16H2,1H3,(H2,21,22,23);1H. The normalized spacial score (nSPS) is 22.0. The Balaban J connectivity index is 0.00000280. The van der Waals surface area contributed by atoms with Gasteiger partial charge in [0.2, 0.25) is 0 Å². The van der Waals surface area contributed by atoms with Crippen LogP contribution >= 0.6 is 24.0 Å². The van der Waals surface area contributed by atoms with Crippen LogP contribution in [0.1, 0.15) is 37.3 Å². The van der Waals surface area contributed by atoms with Gasteiger partial charge in [0.15, 0.2) is 15.8 Å². The summed E-state index contributed by atoms with van der Waals surface area (Å²) in [5, 5.41) is 6.54. The van der Waals surface area contributed by atoms with E-state index in [4.69, 9.17) is 0 Å². The maximum Gasteiger partial charge on any atom is 0.191 e. The summed E-state index contributed by atoms with van der Waals surface area (Å²) in [7, 11) is -2.83. The number of rotatable bonds is 7. The van der Waals surface area contributed by atoms with Crippen LogP contribution in [-0.2, 0) is 22.9 Å². The Kier molecular flexibility index (Phi) is 9.49. The minimum absolute atomic E-state index is 0. The topological polar surface area (TPSA) is 73.8 Å². The largest absolute Gasteiger partial charge is 0.357 e. The molecule has 0 bridgehead atoms. The van der Waals surface area contributed by atoms with Crippen molar-refractivity contribution in [3.05, 3.63) is 35.4 Å². The third-order valence-electron chi connectivity index (χ3n) is 5.28. The first-order valence-corrected chi connectivity index (χ1v) is 11.9. The molecule has 0 aromatic heterocycles. The zero-order valence-corrected chi connectivity index (χ0v) is 19.8. The third kappa shape index (κ3) is 7.51. The first-order chi connectivity index (χ1) is 13.0. The summed E-state index contributed by atoms with van der Waals surface area (Å²) >= 11 is 0. The van der Waals surface area contributed by atoms with E-state index < -0.39 is 9.84 Å². The molecule has 0 amide bonds. The number of nitrogens with one attached hydrogen (secondary N) is 2. The first-order valence-electron chi connectivity index (χ1n) is 10.1. The molecule has 2 N–H and O–H groups in total. The van der Waals surface area contributed by atoms with Gasteiger partial charge in [-0.3, -0.25) is 4.90 Å². The number of hydrogen-bond acceptors (Lipinski definition) is 4. The van der Waals surface area contributed by atoms with Crippen LogP contribution in [0, 0.1) is 5.92 Å². The van der Waals surface area contributed by atoms with Crippen molar-refractivity contribution in [2.45, 2.75) is 39.3 Å². The number of hydrogen-bond donors (Lipinski definition) is 2. The van der Waals surface area contributed by atoms with E-state index in [1.807, 2.05) is 6.92 Å². The summed E-state index contributed by atoms with van der Waals surface area (Å²) < 4.78 is 23.2. The van der Waals surface area contributed by atoms with Crippen LogP contribution in [0.2, 0.25) is 0 Å². The van der Waals surface area contributed by atoms with Crippen LogP contribution in [0.15, 0.2) is 29.3 Å². The predicted molar refractivity (Wildman–Crippen MR) is 126 cm³/mol. The quantitative estimate of drug-likeness (QED) is 0.328. The lowest BCUT2D eigenvalue weighted by atomic mass is 10.1. The van der Waals surface area contributed by atoms with E-state index in [1.54, 1.807) is 0 Å². The molecule has 8 heteroatoms. The summed E-state index contributed by atoms with van der Waals surface area (Å²) in [4.78, 5) is 7.15. The molecule has 0 spiro atoms. The predicted octanol–water partition coefficient (Wildman–Crippen LogP) is 2.39. The number of likely N-dealkylation sites (tertiary alicyclic amines) is 1. The molecule has 2 aliphatic heterocycles. The SMILES string of the molecule is CCNC(=NCc1ccc(CN2CCCC2)cc1)NCC1CCS(=O)(=O)C1.I. The monoisotopic (exact) mass is 520 g/mol. The Morgan fingerprint density at radius 1 is 1.14 bits per heavy atom. The van der Waals surface area contributed by atoms with Crippen molar-refractivity contribution in [1.29, 1.82) is 0 Å². The molecule has 158 valence electrons. The molecule has 1 unspecified atom stereocenters. The molecule has 2 saturated heterocycles. The highest BCUT2D eigenvalue weighted by Gasteiger charge is 2.27. The Labute approximate surface area is 186 Å². The number of halogens is 1. The lowest BCUT2D eigenvalue weighted by Gasteiger charge is -2.15. The lowest BCUT2D eigenvalue weighted by Crippen LogP contribution is -2.40. The Hall–Kier alpha value is -0.870. The van der Waals surface area contributed by atoms with Crippen molar-refractivity contribution in [3.63, 3.8) is 0 Å². The van der Waals surface area contributed by atoms with Crippen LogP contribution in [-0.4, -0.2) is 57.0 Å². The maximum atomic E-state index is 11.6. The van der Waals surface area contributed by atoms with Gasteiger partial charge < -0.3 is 10.6 Å². The van der Waals surface area contributed by atoms with Crippen LogP contribution in [0.5, 0.6) is 0 Å². The summed E-state index contributed by atoms with van der Waals surface area (Å²) in [5.41, 5.74) is 2.54. The van der Waals surface area contributed by atoms with Gasteiger partial charge >= 0.3 is 0 Å². The fourth-order valence-corrected chi connectivity index (χ4v) is 5.60. The van der Waals surface area contributed by atoms with Crippen LogP contribution in [0.4, 0.5) is 0 Å². The third-order valence-corrected chi connectivity index (χ3v) is 7.11. The summed E-state index contributed by atoms with van der Waals surface area (Å²) in [5.74, 6) is 1.54. The molecule has 0 radical (unpaired) electrons. The number of aliphatic imine (C=N–C) groups is 1. The molecule has 3 rings (SSSR count). The number of benzene rings is 1. The van der Waals surface area contributed by atoms with Gasteiger partial charge in [0.25, 0.3) is 0 Å². The van der Waals surface area contributed by atoms with E-state index in [9.17, 15) is 8.42 Å². The minimum atomic E-state index is -2.83. The highest BCUT2D eigenvalue weighted by Crippen LogP contribution is 2.17. The minimum Gasteiger partial charge on any atom is -0.357 e. The van der Waals surface area contributed by atoms with E-state index in [2.05, 4.69) is 44.8 Å². The van der Waals surface area contributed by atoms with Gasteiger partial charge in [-0.05, 0) is 56.3 Å². The van der Waals surface area contributed by atoms with Crippen molar-refractivity contribution in [2.24, 2.45) is 10.9 Å². The van der Waals surface area contributed by atoms with Crippen molar-refractivity contribution in [2.75, 3.05) is 37.7 Å². The molecular formula is C20H33IN4O2S. The van der Waals surface area contributed by atoms with E-state index in [0.717, 1.165) is 25.5 Å². The fraction of sp³-hybridized carbons (Fsp3) is 0.650. The molecule has 6 nitrogen and oxygen atoms in total. The summed E-state index contributed by atoms with van der Waals surface area (Å²) in [6.07, 6.45) is 3.38. The molecule has 2 fully saturated rings. The second-order valence-electron chi connectivity index (χ2n) is 7.64. The average Bonchev–Trinajstić information content (AvgIpc) is 3.28. The molecule has 2 heterocycles. The van der Waals surface area contributed by atoms with E-state index in [-0.39, 0.29) is 35.6 Å². The Morgan fingerprint density at radius 3 is 2.43 bits per heavy atom. The van der Waals surface area contributed by atoms with Crippen molar-refractivity contribution >= 4 is 39.8 Å². The smallest absolute Gasteiger partial charge is 0.191 e. The van der Waals surface area contributed by atoms with Crippen LogP contribution in [0.25, 0.3) is 0 Å². The van der Waals surface area contributed by atoms with Gasteiger partial charge in [0, 0.05) is 19.6 Å². The van der Waals surface area contributed by atoms with Gasteiger partial charge in [0.05, 0.1) is 18.1 Å². The van der Waals surface area contributed by atoms with Crippen molar-refractivity contribution in [1.82, 2.24) is 15.5 Å². The molecule has 1 atom stereocenters. The number of nitrogens with zero attached hydrogens (tertiary/aromatic N) is 2. The molecule has 0 saturated carbocycles. The molecule has 0 aliphatic carbocycles. The zero-order chi connectivity index (χ0) is 19.1. The molecule has 1 aromatic rings. The van der Waals surface area contributed by atoms with Crippen molar-refractivity contribution in [3.8, 4) is 0 Å². The van der Waals surface area contributed by atoms with E-state index in [1.165, 1.54) is 37.1 Å². The average molecular weight is 520 g/mol. The zero-order valence-electron chi connectivity index (χ0n) is 16.7. The molecule has 1 aromatic carbocycles. The second-order valence-corrected chi connectivity index (χ2v) is 9.87. The Morgan fingerprint density at radius 2 is 1.82 bits per heavy atom. The highest BCUT2D eigenvalue weighted by atomic mass is 127. The van der Waals surface area contributed by atoms with Gasteiger partial charge in [0.1, 0.15) is 0 Å². The number of guanidine groups is 1. The maximum absolute atomic E-state index is 11.6. The van der Waals surface area contributed by atoms with Gasteiger partial charge in [-0.1, -0.05) is 24.3 Å². The highest BCUT2D eigenvalue weighted by molar-refractivity contribution is 14.0. The summed E-state index contributed by atoms with van der Waals surface area (Å²) in [6, 6.07) is 8.71. The van der Waals surface area contributed by atoms with E-state index in [0.29, 0.717) is 18.8 Å². The van der Waals surface area contributed by atoms with Crippen LogP contribution < -0.4 is 10.6 Å². The Bertz CT molecular complexity index is 731.